The molecule has 3 aromatic rings. The van der Waals surface area contributed by atoms with E-state index in [-0.39, 0.29) is 28.9 Å². The molecular weight excluding hydrogens is 461 g/mol. The fourth-order valence-electron chi connectivity index (χ4n) is 3.20. The highest BCUT2D eigenvalue weighted by Crippen LogP contribution is 2.39. The van der Waals surface area contributed by atoms with Crippen molar-refractivity contribution >= 4 is 21.6 Å². The highest BCUT2D eigenvalue weighted by Gasteiger charge is 2.30. The van der Waals surface area contributed by atoms with Crippen molar-refractivity contribution in [2.24, 2.45) is 0 Å². The van der Waals surface area contributed by atoms with Gasteiger partial charge in [0.05, 0.1) is 16.1 Å². The Labute approximate surface area is 187 Å². The molecule has 1 aliphatic rings. The van der Waals surface area contributed by atoms with Crippen molar-refractivity contribution in [3.63, 3.8) is 0 Å². The Morgan fingerprint density at radius 1 is 1.03 bits per heavy atom. The molecule has 0 spiro atoms. The summed E-state index contributed by atoms with van der Waals surface area (Å²) in [5.74, 6) is 0.436. The van der Waals surface area contributed by atoms with Crippen molar-refractivity contribution in [3.8, 4) is 28.4 Å². The molecule has 1 aliphatic heterocycles. The van der Waals surface area contributed by atoms with Gasteiger partial charge in [0.1, 0.15) is 17.2 Å². The first kappa shape index (κ1) is 22.6. The Hall–Kier alpha value is -3.57. The van der Waals surface area contributed by atoms with Gasteiger partial charge in [-0.15, -0.1) is 0 Å². The van der Waals surface area contributed by atoms with Crippen LogP contribution in [-0.4, -0.2) is 28.0 Å². The van der Waals surface area contributed by atoms with E-state index < -0.39 is 21.8 Å². The van der Waals surface area contributed by atoms with E-state index in [9.17, 15) is 26.4 Å². The van der Waals surface area contributed by atoms with Gasteiger partial charge in [0.2, 0.25) is 10.0 Å². The highest BCUT2D eigenvalue weighted by molar-refractivity contribution is 7.89. The van der Waals surface area contributed by atoms with Crippen molar-refractivity contribution in [2.45, 2.75) is 11.1 Å². The molecule has 0 atom stereocenters. The van der Waals surface area contributed by atoms with Crippen molar-refractivity contribution in [2.75, 3.05) is 19.0 Å². The van der Waals surface area contributed by atoms with Crippen LogP contribution in [0.4, 0.5) is 18.9 Å². The molecule has 0 fully saturated rings. The largest absolute Gasteiger partial charge is 0.482 e. The number of amides is 1. The van der Waals surface area contributed by atoms with E-state index in [4.69, 9.17) is 9.47 Å². The van der Waals surface area contributed by atoms with E-state index >= 15 is 0 Å². The Bertz CT molecular complexity index is 1320. The van der Waals surface area contributed by atoms with Crippen LogP contribution < -0.4 is 19.5 Å². The fourth-order valence-corrected chi connectivity index (χ4v) is 3.95. The fraction of sp³-hybridized carbons (Fsp3) is 0.136. The second kappa shape index (κ2) is 8.41. The van der Waals surface area contributed by atoms with Gasteiger partial charge in [0, 0.05) is 5.56 Å². The van der Waals surface area contributed by atoms with Crippen LogP contribution in [0.2, 0.25) is 0 Å². The number of benzene rings is 3. The summed E-state index contributed by atoms with van der Waals surface area (Å²) in [7, 11) is -2.52. The summed E-state index contributed by atoms with van der Waals surface area (Å²) >= 11 is 0. The van der Waals surface area contributed by atoms with Gasteiger partial charge in [-0.1, -0.05) is 6.07 Å². The van der Waals surface area contributed by atoms with Crippen LogP contribution in [0.1, 0.15) is 5.56 Å². The van der Waals surface area contributed by atoms with Crippen molar-refractivity contribution in [1.29, 1.82) is 0 Å². The minimum atomic E-state index is -4.48. The summed E-state index contributed by atoms with van der Waals surface area (Å²) in [5, 5.41) is 2.67. The average Bonchev–Trinajstić information content (AvgIpc) is 2.78. The second-order valence-corrected chi connectivity index (χ2v) is 8.92. The zero-order valence-electron chi connectivity index (χ0n) is 17.1. The summed E-state index contributed by atoms with van der Waals surface area (Å²) in [4.78, 5) is 11.6. The van der Waals surface area contributed by atoms with Crippen LogP contribution in [0.3, 0.4) is 0 Å². The van der Waals surface area contributed by atoms with Crippen LogP contribution in [0.25, 0.3) is 11.1 Å². The third-order valence-corrected chi connectivity index (χ3v) is 6.27. The average molecular weight is 478 g/mol. The number of hydrogen-bond acceptors (Lipinski definition) is 5. The first-order valence-corrected chi connectivity index (χ1v) is 11.0. The molecule has 172 valence electrons. The molecule has 0 radical (unpaired) electrons. The molecule has 0 aromatic heterocycles. The number of rotatable bonds is 5. The Morgan fingerprint density at radius 2 is 1.76 bits per heavy atom. The zero-order valence-corrected chi connectivity index (χ0v) is 17.9. The number of sulfonamides is 1. The monoisotopic (exact) mass is 478 g/mol. The Balaban J connectivity index is 1.78. The van der Waals surface area contributed by atoms with Crippen LogP contribution >= 0.6 is 0 Å². The predicted octanol–water partition coefficient (Wildman–Crippen LogP) is 4.40. The number of hydrogen-bond donors (Lipinski definition) is 2. The third-order valence-electron chi connectivity index (χ3n) is 4.86. The van der Waals surface area contributed by atoms with E-state index in [0.717, 1.165) is 12.1 Å². The van der Waals surface area contributed by atoms with Crippen LogP contribution in [0.15, 0.2) is 65.6 Å². The Morgan fingerprint density at radius 3 is 2.42 bits per heavy atom. The molecule has 33 heavy (non-hydrogen) atoms. The molecule has 11 heteroatoms. The number of nitrogens with one attached hydrogen (secondary N) is 2. The van der Waals surface area contributed by atoms with Crippen LogP contribution in [-0.2, 0) is 21.0 Å². The molecule has 0 saturated heterocycles. The molecule has 3 aromatic carbocycles. The van der Waals surface area contributed by atoms with Crippen molar-refractivity contribution in [1.82, 2.24) is 4.72 Å². The smallest absolute Gasteiger partial charge is 0.416 e. The predicted molar refractivity (Wildman–Crippen MR) is 114 cm³/mol. The lowest BCUT2D eigenvalue weighted by atomic mass is 10.0. The van der Waals surface area contributed by atoms with Gasteiger partial charge in [-0.2, -0.15) is 13.2 Å². The number of carbonyl (C=O) groups excluding carboxylic acids is 1. The molecule has 0 aliphatic carbocycles. The number of ether oxygens (including phenoxy) is 2. The second-order valence-electron chi connectivity index (χ2n) is 7.04. The first-order valence-electron chi connectivity index (χ1n) is 9.56. The molecule has 4 rings (SSSR count). The van der Waals surface area contributed by atoms with E-state index in [1.165, 1.54) is 37.4 Å². The third kappa shape index (κ3) is 4.78. The van der Waals surface area contributed by atoms with Gasteiger partial charge in [-0.05, 0) is 67.2 Å². The van der Waals surface area contributed by atoms with Gasteiger partial charge in [-0.25, -0.2) is 13.1 Å². The molecule has 0 bridgehead atoms. The van der Waals surface area contributed by atoms with E-state index in [2.05, 4.69) is 10.0 Å². The van der Waals surface area contributed by atoms with Crippen LogP contribution in [0, 0.1) is 0 Å². The number of anilines is 1. The Kier molecular flexibility index (Phi) is 5.76. The normalized spacial score (nSPS) is 13.6. The first-order chi connectivity index (χ1) is 15.6. The topological polar surface area (TPSA) is 93.7 Å². The minimum absolute atomic E-state index is 0.0437. The molecule has 0 unspecified atom stereocenters. The summed E-state index contributed by atoms with van der Waals surface area (Å²) < 4.78 is 76.6. The van der Waals surface area contributed by atoms with Crippen LogP contribution in [0.5, 0.6) is 17.2 Å². The summed E-state index contributed by atoms with van der Waals surface area (Å²) in [6.45, 7) is -0.121. The number of halogens is 3. The molecule has 0 saturated carbocycles. The van der Waals surface area contributed by atoms with Crippen molar-refractivity contribution < 1.29 is 35.9 Å². The zero-order chi connectivity index (χ0) is 23.8. The minimum Gasteiger partial charge on any atom is -0.482 e. The van der Waals surface area contributed by atoms with Gasteiger partial charge < -0.3 is 14.8 Å². The lowest BCUT2D eigenvalue weighted by Gasteiger charge is -2.19. The molecular formula is C22H17F3N2O5S. The number of carbonyl (C=O) groups is 1. The highest BCUT2D eigenvalue weighted by atomic mass is 32.2. The summed E-state index contributed by atoms with van der Waals surface area (Å²) in [6.07, 6.45) is -4.48. The molecule has 1 amide bonds. The van der Waals surface area contributed by atoms with E-state index in [0.29, 0.717) is 22.6 Å². The maximum atomic E-state index is 12.8. The standard InChI is InChI=1S/C22H17F3N2O5S/c1-26-33(29,30)16-7-9-19(32-15-5-3-14(4-6-15)22(23,24)25)17(11-16)13-2-8-20-18(10-13)27-21(28)12-31-20/h2-11,26H,12H2,1H3,(H,27,28). The lowest BCUT2D eigenvalue weighted by molar-refractivity contribution is -0.137. The number of fused-ring (bicyclic) bond motifs is 1. The SMILES string of the molecule is CNS(=O)(=O)c1ccc(Oc2ccc(C(F)(F)F)cc2)c(-c2ccc3c(c2)NC(=O)CO3)c1. The summed E-state index contributed by atoms with van der Waals surface area (Å²) in [6, 6.07) is 13.1. The van der Waals surface area contributed by atoms with Gasteiger partial charge in [-0.3, -0.25) is 4.79 Å². The van der Waals surface area contributed by atoms with Gasteiger partial charge in [0.25, 0.3) is 5.91 Å². The van der Waals surface area contributed by atoms with Crippen molar-refractivity contribution in [3.05, 3.63) is 66.2 Å². The quantitative estimate of drug-likeness (QED) is 0.567. The lowest BCUT2D eigenvalue weighted by Crippen LogP contribution is -2.25. The number of alkyl halides is 3. The summed E-state index contributed by atoms with van der Waals surface area (Å²) in [5.41, 5.74) is 0.408. The maximum Gasteiger partial charge on any atom is 0.416 e. The van der Waals surface area contributed by atoms with Gasteiger partial charge in [0.15, 0.2) is 6.61 Å². The molecule has 2 N–H and O–H groups in total. The maximum absolute atomic E-state index is 12.8. The molecule has 7 nitrogen and oxygen atoms in total. The van der Waals surface area contributed by atoms with E-state index in [1.54, 1.807) is 18.2 Å². The molecule has 1 heterocycles. The van der Waals surface area contributed by atoms with Gasteiger partial charge >= 0.3 is 6.18 Å². The van der Waals surface area contributed by atoms with E-state index in [1.807, 2.05) is 0 Å².